The maximum atomic E-state index is 11.6. The van der Waals surface area contributed by atoms with Gasteiger partial charge in [-0.2, -0.15) is 0 Å². The van der Waals surface area contributed by atoms with Gasteiger partial charge in [0.2, 0.25) is 15.9 Å². The third-order valence-corrected chi connectivity index (χ3v) is 4.03. The van der Waals surface area contributed by atoms with Crippen LogP contribution in [-0.4, -0.2) is 67.8 Å². The highest BCUT2D eigenvalue weighted by atomic mass is 32.2. The van der Waals surface area contributed by atoms with Gasteiger partial charge in [-0.3, -0.25) is 4.79 Å². The first-order valence-electron chi connectivity index (χ1n) is 6.52. The number of carbonyl (C=O) groups is 1. The lowest BCUT2D eigenvalue weighted by Gasteiger charge is -2.14. The zero-order valence-corrected chi connectivity index (χ0v) is 12.0. The van der Waals surface area contributed by atoms with E-state index in [1.165, 1.54) is 0 Å². The first-order valence-corrected chi connectivity index (χ1v) is 8.41. The standard InChI is InChI=1S/C11H20N2O6S/c1-20(17,18)12-5-8-11(16)10(15)7(19-8)4-9(14)13-6-2-3-6/h6-8,10-12,15-16H,2-5H2,1H3,(H,13,14). The highest BCUT2D eigenvalue weighted by Gasteiger charge is 2.43. The van der Waals surface area contributed by atoms with Gasteiger partial charge < -0.3 is 20.3 Å². The molecule has 1 aliphatic heterocycles. The van der Waals surface area contributed by atoms with E-state index in [9.17, 15) is 23.4 Å². The molecule has 1 aliphatic carbocycles. The predicted octanol–water partition coefficient (Wildman–Crippen LogP) is -2.31. The van der Waals surface area contributed by atoms with Crippen LogP contribution in [0.4, 0.5) is 0 Å². The second-order valence-electron chi connectivity index (χ2n) is 5.36. The fourth-order valence-corrected chi connectivity index (χ4v) is 2.56. The van der Waals surface area contributed by atoms with Crippen LogP contribution in [0.5, 0.6) is 0 Å². The Morgan fingerprint density at radius 2 is 1.85 bits per heavy atom. The largest absolute Gasteiger partial charge is 0.388 e. The molecule has 9 heteroatoms. The van der Waals surface area contributed by atoms with Gasteiger partial charge in [-0.15, -0.1) is 0 Å². The van der Waals surface area contributed by atoms with Crippen LogP contribution in [0.3, 0.4) is 0 Å². The Balaban J connectivity index is 1.83. The van der Waals surface area contributed by atoms with E-state index < -0.39 is 34.4 Å². The summed E-state index contributed by atoms with van der Waals surface area (Å²) in [7, 11) is -3.40. The Bertz CT molecular complexity index is 464. The van der Waals surface area contributed by atoms with Crippen molar-refractivity contribution in [1.29, 1.82) is 0 Å². The average Bonchev–Trinajstić information content (AvgIpc) is 3.09. The summed E-state index contributed by atoms with van der Waals surface area (Å²) in [6, 6.07) is 0.216. The normalized spacial score (nSPS) is 34.1. The van der Waals surface area contributed by atoms with E-state index in [-0.39, 0.29) is 24.9 Å². The van der Waals surface area contributed by atoms with Gasteiger partial charge in [0.05, 0.1) is 18.8 Å². The number of hydrogen-bond donors (Lipinski definition) is 4. The molecule has 1 saturated heterocycles. The summed E-state index contributed by atoms with van der Waals surface area (Å²) in [5.41, 5.74) is 0. The summed E-state index contributed by atoms with van der Waals surface area (Å²) in [4.78, 5) is 11.6. The van der Waals surface area contributed by atoms with Gasteiger partial charge in [-0.25, -0.2) is 13.1 Å². The molecule has 2 aliphatic rings. The Morgan fingerprint density at radius 3 is 2.40 bits per heavy atom. The molecular formula is C11H20N2O6S. The van der Waals surface area contributed by atoms with E-state index in [2.05, 4.69) is 10.0 Å². The molecular weight excluding hydrogens is 288 g/mol. The maximum absolute atomic E-state index is 11.6. The quantitative estimate of drug-likeness (QED) is 0.437. The van der Waals surface area contributed by atoms with E-state index in [1.807, 2.05) is 0 Å². The third kappa shape index (κ3) is 4.38. The van der Waals surface area contributed by atoms with Crippen molar-refractivity contribution >= 4 is 15.9 Å². The average molecular weight is 308 g/mol. The Morgan fingerprint density at radius 1 is 1.25 bits per heavy atom. The van der Waals surface area contributed by atoms with Gasteiger partial charge in [0.1, 0.15) is 18.3 Å². The van der Waals surface area contributed by atoms with Crippen molar-refractivity contribution in [3.8, 4) is 0 Å². The van der Waals surface area contributed by atoms with Crippen LogP contribution in [-0.2, 0) is 19.6 Å². The summed E-state index contributed by atoms with van der Waals surface area (Å²) < 4.78 is 29.6. The Labute approximate surface area is 117 Å². The van der Waals surface area contributed by atoms with Crippen LogP contribution in [0.2, 0.25) is 0 Å². The van der Waals surface area contributed by atoms with Crippen molar-refractivity contribution in [2.75, 3.05) is 12.8 Å². The van der Waals surface area contributed by atoms with Gasteiger partial charge >= 0.3 is 0 Å². The number of aliphatic hydroxyl groups is 2. The zero-order valence-electron chi connectivity index (χ0n) is 11.2. The molecule has 1 saturated carbocycles. The Hall–Kier alpha value is -0.740. The van der Waals surface area contributed by atoms with E-state index in [1.54, 1.807) is 0 Å². The summed E-state index contributed by atoms with van der Waals surface area (Å²) in [5.74, 6) is -0.236. The number of nitrogens with one attached hydrogen (secondary N) is 2. The van der Waals surface area contributed by atoms with Gasteiger partial charge in [-0.1, -0.05) is 0 Å². The molecule has 2 rings (SSSR count). The fourth-order valence-electron chi connectivity index (χ4n) is 2.09. The van der Waals surface area contributed by atoms with Crippen molar-refractivity contribution in [2.45, 2.75) is 49.7 Å². The maximum Gasteiger partial charge on any atom is 0.222 e. The van der Waals surface area contributed by atoms with Crippen LogP contribution in [0, 0.1) is 0 Å². The number of rotatable bonds is 6. The molecule has 8 nitrogen and oxygen atoms in total. The SMILES string of the molecule is CS(=O)(=O)NCC1OC(CC(=O)NC2CC2)C(O)C1O. The molecule has 1 amide bonds. The number of carbonyl (C=O) groups excluding carboxylic acids is 1. The van der Waals surface area contributed by atoms with Gasteiger partial charge in [-0.05, 0) is 12.8 Å². The molecule has 4 N–H and O–H groups in total. The molecule has 2 fully saturated rings. The van der Waals surface area contributed by atoms with Crippen LogP contribution in [0.1, 0.15) is 19.3 Å². The van der Waals surface area contributed by atoms with Crippen LogP contribution < -0.4 is 10.0 Å². The minimum absolute atomic E-state index is 0.0515. The molecule has 0 spiro atoms. The van der Waals surface area contributed by atoms with Crippen molar-refractivity contribution in [1.82, 2.24) is 10.0 Å². The van der Waals surface area contributed by atoms with E-state index >= 15 is 0 Å². The first kappa shape index (κ1) is 15.6. The zero-order chi connectivity index (χ0) is 14.9. The monoisotopic (exact) mass is 308 g/mol. The lowest BCUT2D eigenvalue weighted by Crippen LogP contribution is -2.39. The van der Waals surface area contributed by atoms with Crippen molar-refractivity contribution in [3.63, 3.8) is 0 Å². The Kier molecular flexibility index (Phi) is 4.65. The van der Waals surface area contributed by atoms with Crippen molar-refractivity contribution in [3.05, 3.63) is 0 Å². The van der Waals surface area contributed by atoms with Gasteiger partial charge in [0, 0.05) is 12.6 Å². The lowest BCUT2D eigenvalue weighted by atomic mass is 10.1. The van der Waals surface area contributed by atoms with E-state index in [0.717, 1.165) is 19.1 Å². The summed E-state index contributed by atoms with van der Waals surface area (Å²) in [6.07, 6.45) is -1.25. The first-order chi connectivity index (χ1) is 9.26. The second kappa shape index (κ2) is 5.94. The number of ether oxygens (including phenoxy) is 1. The van der Waals surface area contributed by atoms with Crippen LogP contribution in [0.25, 0.3) is 0 Å². The molecule has 4 unspecified atom stereocenters. The molecule has 0 aromatic carbocycles. The van der Waals surface area contributed by atoms with Crippen LogP contribution >= 0.6 is 0 Å². The number of sulfonamides is 1. The van der Waals surface area contributed by atoms with E-state index in [0.29, 0.717) is 0 Å². The topological polar surface area (TPSA) is 125 Å². The minimum atomic E-state index is -3.40. The second-order valence-corrected chi connectivity index (χ2v) is 7.19. The van der Waals surface area contributed by atoms with E-state index in [4.69, 9.17) is 4.74 Å². The number of hydrogen-bond acceptors (Lipinski definition) is 6. The minimum Gasteiger partial charge on any atom is -0.388 e. The predicted molar refractivity (Wildman–Crippen MR) is 69.3 cm³/mol. The molecule has 1 heterocycles. The summed E-state index contributed by atoms with van der Waals surface area (Å²) in [5, 5.41) is 22.4. The van der Waals surface area contributed by atoms with Gasteiger partial charge in [0.25, 0.3) is 0 Å². The molecule has 116 valence electrons. The molecule has 0 aromatic heterocycles. The summed E-state index contributed by atoms with van der Waals surface area (Å²) in [6.45, 7) is -0.141. The molecule has 0 aromatic rings. The summed E-state index contributed by atoms with van der Waals surface area (Å²) >= 11 is 0. The molecule has 0 radical (unpaired) electrons. The van der Waals surface area contributed by atoms with Crippen molar-refractivity contribution < 1.29 is 28.2 Å². The number of aliphatic hydroxyl groups excluding tert-OH is 2. The smallest absolute Gasteiger partial charge is 0.222 e. The third-order valence-electron chi connectivity index (χ3n) is 3.34. The number of amides is 1. The molecule has 20 heavy (non-hydrogen) atoms. The fraction of sp³-hybridized carbons (Fsp3) is 0.909. The highest BCUT2D eigenvalue weighted by molar-refractivity contribution is 7.88. The molecule has 0 bridgehead atoms. The molecule has 4 atom stereocenters. The van der Waals surface area contributed by atoms with Crippen LogP contribution in [0.15, 0.2) is 0 Å². The highest BCUT2D eigenvalue weighted by Crippen LogP contribution is 2.24. The van der Waals surface area contributed by atoms with Gasteiger partial charge in [0.15, 0.2) is 0 Å². The lowest BCUT2D eigenvalue weighted by molar-refractivity contribution is -0.125. The van der Waals surface area contributed by atoms with Crippen molar-refractivity contribution in [2.24, 2.45) is 0 Å².